The van der Waals surface area contributed by atoms with Crippen molar-refractivity contribution in [1.82, 2.24) is 30.0 Å². The Labute approximate surface area is 143 Å². The highest BCUT2D eigenvalue weighted by atomic mass is 32.2. The van der Waals surface area contributed by atoms with Crippen LogP contribution in [0.1, 0.15) is 13.3 Å². The highest BCUT2D eigenvalue weighted by Crippen LogP contribution is 2.24. The molecular weight excluding hydrogens is 328 g/mol. The maximum Gasteiger partial charge on any atom is 0.324 e. The van der Waals surface area contributed by atoms with Gasteiger partial charge in [-0.3, -0.25) is 14.7 Å². The van der Waals surface area contributed by atoms with Gasteiger partial charge >= 0.3 is 6.03 Å². The number of amides is 3. The minimum Gasteiger partial charge on any atom is -0.336 e. The summed E-state index contributed by atoms with van der Waals surface area (Å²) < 4.78 is 2.00. The van der Waals surface area contributed by atoms with Crippen LogP contribution in [0.25, 0.3) is 11.4 Å². The van der Waals surface area contributed by atoms with Gasteiger partial charge in [0.1, 0.15) is 0 Å². The zero-order valence-electron chi connectivity index (χ0n) is 13.3. The minimum atomic E-state index is -0.326. The number of urea groups is 1. The number of thioether (sulfide) groups is 1. The van der Waals surface area contributed by atoms with Crippen LogP contribution < -0.4 is 5.32 Å². The number of pyridine rings is 1. The van der Waals surface area contributed by atoms with E-state index >= 15 is 0 Å². The molecule has 1 saturated heterocycles. The Bertz CT molecular complexity index is 733. The van der Waals surface area contributed by atoms with Crippen LogP contribution in [-0.4, -0.2) is 55.4 Å². The first kappa shape index (κ1) is 16.4. The Morgan fingerprint density at radius 1 is 1.33 bits per heavy atom. The molecule has 8 nitrogen and oxygen atoms in total. The molecule has 1 aliphatic rings. The zero-order chi connectivity index (χ0) is 16.9. The second kappa shape index (κ2) is 7.43. The largest absolute Gasteiger partial charge is 0.336 e. The molecule has 1 N–H and O–H groups in total. The summed E-state index contributed by atoms with van der Waals surface area (Å²) >= 11 is 1.30. The number of nitrogens with zero attached hydrogens (tertiary/aromatic N) is 5. The summed E-state index contributed by atoms with van der Waals surface area (Å²) in [5, 5.41) is 11.8. The molecule has 3 amide bonds. The lowest BCUT2D eigenvalue weighted by molar-refractivity contribution is -0.124. The van der Waals surface area contributed by atoms with Crippen LogP contribution in [0.4, 0.5) is 4.79 Å². The van der Waals surface area contributed by atoms with Crippen molar-refractivity contribution < 1.29 is 9.59 Å². The van der Waals surface area contributed by atoms with Crippen LogP contribution in [0.15, 0.2) is 29.7 Å². The Morgan fingerprint density at radius 2 is 2.12 bits per heavy atom. The number of carbonyl (C=O) groups is 2. The molecule has 3 heterocycles. The normalized spacial score (nSPS) is 14.0. The average Bonchev–Trinajstić information content (AvgIpc) is 3.20. The van der Waals surface area contributed by atoms with Crippen LogP contribution in [-0.2, 0) is 11.3 Å². The summed E-state index contributed by atoms with van der Waals surface area (Å²) in [7, 11) is 0. The molecule has 24 heavy (non-hydrogen) atoms. The van der Waals surface area contributed by atoms with Gasteiger partial charge in [0.2, 0.25) is 5.91 Å². The van der Waals surface area contributed by atoms with E-state index in [1.165, 1.54) is 16.7 Å². The molecule has 0 spiro atoms. The van der Waals surface area contributed by atoms with Crippen molar-refractivity contribution in [2.24, 2.45) is 0 Å². The predicted octanol–water partition coefficient (Wildman–Crippen LogP) is 1.39. The summed E-state index contributed by atoms with van der Waals surface area (Å²) in [6.07, 6.45) is 4.34. The van der Waals surface area contributed by atoms with Crippen molar-refractivity contribution >= 4 is 23.7 Å². The van der Waals surface area contributed by atoms with Crippen LogP contribution >= 0.6 is 11.8 Å². The molecule has 0 unspecified atom stereocenters. The molecule has 0 bridgehead atoms. The summed E-state index contributed by atoms with van der Waals surface area (Å²) in [6, 6.07) is 3.43. The fourth-order valence-electron chi connectivity index (χ4n) is 2.45. The number of hydrogen-bond donors (Lipinski definition) is 1. The minimum absolute atomic E-state index is 0.158. The lowest BCUT2D eigenvalue weighted by Gasteiger charge is -2.12. The quantitative estimate of drug-likeness (QED) is 0.795. The fraction of sp³-hybridized carbons (Fsp3) is 0.400. The fourth-order valence-corrected chi connectivity index (χ4v) is 3.29. The van der Waals surface area contributed by atoms with Crippen molar-refractivity contribution in [1.29, 1.82) is 0 Å². The van der Waals surface area contributed by atoms with Crippen LogP contribution in [0, 0.1) is 0 Å². The van der Waals surface area contributed by atoms with Crippen LogP contribution in [0.5, 0.6) is 0 Å². The molecule has 9 heteroatoms. The second-order valence-corrected chi connectivity index (χ2v) is 6.20. The smallest absolute Gasteiger partial charge is 0.324 e. The molecule has 0 aromatic carbocycles. The molecule has 2 aromatic heterocycles. The molecular formula is C15H18N6O2S. The summed E-state index contributed by atoms with van der Waals surface area (Å²) in [5.74, 6) is 0.700. The molecule has 0 radical (unpaired) electrons. The highest BCUT2D eigenvalue weighted by molar-refractivity contribution is 7.99. The first-order valence-electron chi connectivity index (χ1n) is 7.75. The van der Waals surface area contributed by atoms with Crippen LogP contribution in [0.3, 0.4) is 0 Å². The molecule has 3 rings (SSSR count). The maximum absolute atomic E-state index is 12.2. The monoisotopic (exact) mass is 346 g/mol. The molecule has 1 fully saturated rings. The van der Waals surface area contributed by atoms with E-state index in [4.69, 9.17) is 0 Å². The van der Waals surface area contributed by atoms with E-state index in [1.54, 1.807) is 12.4 Å². The number of imide groups is 1. The van der Waals surface area contributed by atoms with Gasteiger partial charge in [0.15, 0.2) is 11.0 Å². The maximum atomic E-state index is 12.2. The van der Waals surface area contributed by atoms with Gasteiger partial charge in [-0.1, -0.05) is 18.7 Å². The van der Waals surface area contributed by atoms with Gasteiger partial charge in [-0.25, -0.2) is 4.79 Å². The van der Waals surface area contributed by atoms with E-state index in [0.29, 0.717) is 18.2 Å². The third kappa shape index (κ3) is 3.40. The Balaban J connectivity index is 1.75. The standard InChI is InChI=1S/C15H18N6O2S/c1-2-8-21-13(11-3-5-16-6-4-11)18-19-15(21)24-10-12(22)20-9-7-17-14(20)23/h3-6H,2,7-10H2,1H3,(H,17,23). The van der Waals surface area contributed by atoms with Crippen molar-refractivity contribution in [2.75, 3.05) is 18.8 Å². The van der Waals surface area contributed by atoms with Crippen molar-refractivity contribution in [3.8, 4) is 11.4 Å². The van der Waals surface area contributed by atoms with Crippen molar-refractivity contribution in [3.63, 3.8) is 0 Å². The summed E-state index contributed by atoms with van der Waals surface area (Å²) in [6.45, 7) is 3.76. The van der Waals surface area contributed by atoms with E-state index < -0.39 is 0 Å². The van der Waals surface area contributed by atoms with E-state index in [2.05, 4.69) is 27.4 Å². The lowest BCUT2D eigenvalue weighted by atomic mass is 10.2. The molecule has 0 atom stereocenters. The number of hydrogen-bond acceptors (Lipinski definition) is 6. The Kier molecular flexibility index (Phi) is 5.09. The first-order valence-corrected chi connectivity index (χ1v) is 8.74. The van der Waals surface area contributed by atoms with Gasteiger partial charge in [0.05, 0.1) is 5.75 Å². The van der Waals surface area contributed by atoms with Gasteiger partial charge in [-0.2, -0.15) is 0 Å². The molecule has 126 valence electrons. The van der Waals surface area contributed by atoms with E-state index in [-0.39, 0.29) is 17.7 Å². The second-order valence-electron chi connectivity index (χ2n) is 5.26. The average molecular weight is 346 g/mol. The molecule has 0 aliphatic carbocycles. The first-order chi connectivity index (χ1) is 11.7. The molecule has 0 saturated carbocycles. The number of aromatic nitrogens is 4. The van der Waals surface area contributed by atoms with Gasteiger partial charge in [0, 0.05) is 37.6 Å². The molecule has 2 aromatic rings. The van der Waals surface area contributed by atoms with Crippen molar-refractivity contribution in [3.05, 3.63) is 24.5 Å². The van der Waals surface area contributed by atoms with Gasteiger partial charge in [-0.05, 0) is 18.6 Å². The zero-order valence-corrected chi connectivity index (χ0v) is 14.1. The number of carbonyl (C=O) groups excluding carboxylic acids is 2. The van der Waals surface area contributed by atoms with E-state index in [0.717, 1.165) is 24.4 Å². The molecule has 1 aliphatic heterocycles. The summed E-state index contributed by atoms with van der Waals surface area (Å²) in [5.41, 5.74) is 0.933. The van der Waals surface area contributed by atoms with E-state index in [9.17, 15) is 9.59 Å². The number of rotatable bonds is 6. The van der Waals surface area contributed by atoms with Crippen molar-refractivity contribution in [2.45, 2.75) is 25.0 Å². The third-order valence-electron chi connectivity index (χ3n) is 3.59. The predicted molar refractivity (Wildman–Crippen MR) is 89.4 cm³/mol. The van der Waals surface area contributed by atoms with Crippen LogP contribution in [0.2, 0.25) is 0 Å². The van der Waals surface area contributed by atoms with Gasteiger partial charge < -0.3 is 9.88 Å². The highest BCUT2D eigenvalue weighted by Gasteiger charge is 2.26. The van der Waals surface area contributed by atoms with Gasteiger partial charge in [-0.15, -0.1) is 10.2 Å². The SMILES string of the molecule is CCCn1c(SCC(=O)N2CCNC2=O)nnc1-c1ccncc1. The summed E-state index contributed by atoms with van der Waals surface area (Å²) in [4.78, 5) is 28.9. The third-order valence-corrected chi connectivity index (χ3v) is 4.54. The lowest BCUT2D eigenvalue weighted by Crippen LogP contribution is -2.35. The number of nitrogens with one attached hydrogen (secondary N) is 1. The Hall–Kier alpha value is -2.42. The Morgan fingerprint density at radius 3 is 2.79 bits per heavy atom. The topological polar surface area (TPSA) is 93.0 Å². The van der Waals surface area contributed by atoms with Gasteiger partial charge in [0.25, 0.3) is 0 Å². The van der Waals surface area contributed by atoms with E-state index in [1.807, 2.05) is 16.7 Å².